The van der Waals surface area contributed by atoms with E-state index in [0.717, 1.165) is 51.2 Å². The topological polar surface area (TPSA) is 61.5 Å². The van der Waals surface area contributed by atoms with Gasteiger partial charge in [0.05, 0.1) is 42.6 Å². The molecule has 2 aromatic heterocycles. The Morgan fingerprint density at radius 1 is 1.15 bits per heavy atom. The quantitative estimate of drug-likeness (QED) is 0.392. The number of amides is 1. The van der Waals surface area contributed by atoms with E-state index in [1.54, 1.807) is 19.1 Å². The van der Waals surface area contributed by atoms with Gasteiger partial charge in [0.2, 0.25) is 0 Å². The highest BCUT2D eigenvalue weighted by Gasteiger charge is 2.26. The Balaban J connectivity index is 1.64. The zero-order valence-corrected chi connectivity index (χ0v) is 19.8. The molecule has 4 aromatic rings. The van der Waals surface area contributed by atoms with Gasteiger partial charge in [0, 0.05) is 44.7 Å². The van der Waals surface area contributed by atoms with Crippen molar-refractivity contribution in [2.45, 2.75) is 19.4 Å². The maximum atomic E-state index is 13.0. The molecule has 0 aliphatic carbocycles. The number of carbonyl (C=O) groups excluding carboxylic acids is 1. The summed E-state index contributed by atoms with van der Waals surface area (Å²) in [7, 11) is 5.37. The lowest BCUT2D eigenvalue weighted by molar-refractivity contribution is 0.0735. The second-order valence-electron chi connectivity index (χ2n) is 8.65. The fourth-order valence-corrected chi connectivity index (χ4v) is 4.96. The van der Waals surface area contributed by atoms with Gasteiger partial charge in [0.1, 0.15) is 5.75 Å². The fourth-order valence-electron chi connectivity index (χ4n) is 4.96. The number of alkyl halides is 1. The molecule has 0 N–H and O–H groups in total. The van der Waals surface area contributed by atoms with E-state index in [-0.39, 0.29) is 5.91 Å². The second-order valence-corrected chi connectivity index (χ2v) is 8.65. The maximum Gasteiger partial charge on any atom is 0.254 e. The summed E-state index contributed by atoms with van der Waals surface area (Å²) in [5.41, 5.74) is 5.40. The minimum absolute atomic E-state index is 0.0391. The molecule has 3 heterocycles. The fraction of sp³-hybridized carbons (Fsp3) is 0.385. The van der Waals surface area contributed by atoms with Crippen molar-refractivity contribution in [3.63, 3.8) is 0 Å². The van der Waals surface area contributed by atoms with Crippen LogP contribution in [0.1, 0.15) is 22.3 Å². The molecule has 1 aliphatic heterocycles. The minimum atomic E-state index is -0.416. The van der Waals surface area contributed by atoms with Gasteiger partial charge in [0.15, 0.2) is 5.82 Å². The third kappa shape index (κ3) is 3.62. The summed E-state index contributed by atoms with van der Waals surface area (Å²) in [4.78, 5) is 19.7. The molecule has 1 aliphatic rings. The van der Waals surface area contributed by atoms with Crippen molar-refractivity contribution in [3.05, 3.63) is 47.5 Å². The summed E-state index contributed by atoms with van der Waals surface area (Å²) in [5.74, 6) is 1.57. The number of nitrogens with zero attached hydrogens (tertiary/aromatic N) is 4. The standard InChI is InChI=1S/C26H29FN4O3/c1-29-21-14-17-8-11-30(10-5-9-27)26(32)19(17)16-20(21)28-25(29)22-15-18-6-4-7-23(34-3)24(18)31(22)12-13-33-2/h4,6-7,14-16H,5,8-13H2,1-3H3. The first-order valence-corrected chi connectivity index (χ1v) is 11.6. The van der Waals surface area contributed by atoms with E-state index >= 15 is 0 Å². The molecule has 0 radical (unpaired) electrons. The Labute approximate surface area is 197 Å². The molecule has 8 heteroatoms. The maximum absolute atomic E-state index is 13.0. The van der Waals surface area contributed by atoms with Crippen LogP contribution in [0.3, 0.4) is 0 Å². The summed E-state index contributed by atoms with van der Waals surface area (Å²) in [6.07, 6.45) is 1.13. The van der Waals surface area contributed by atoms with Crippen molar-refractivity contribution in [3.8, 4) is 17.3 Å². The zero-order chi connectivity index (χ0) is 23.8. The van der Waals surface area contributed by atoms with Crippen molar-refractivity contribution in [1.29, 1.82) is 0 Å². The summed E-state index contributed by atoms with van der Waals surface area (Å²) in [5, 5.41) is 1.07. The lowest BCUT2D eigenvalue weighted by Crippen LogP contribution is -2.38. The molecule has 5 rings (SSSR count). The number of ether oxygens (including phenoxy) is 2. The number of carbonyl (C=O) groups is 1. The Kier molecular flexibility index (Phi) is 6.00. The number of rotatable bonds is 8. The van der Waals surface area contributed by atoms with E-state index in [4.69, 9.17) is 14.5 Å². The largest absolute Gasteiger partial charge is 0.495 e. The number of hydrogen-bond acceptors (Lipinski definition) is 4. The van der Waals surface area contributed by atoms with Crippen LogP contribution in [0.5, 0.6) is 5.75 Å². The average molecular weight is 465 g/mol. The summed E-state index contributed by atoms with van der Waals surface area (Å²) >= 11 is 0. The van der Waals surface area contributed by atoms with Crippen LogP contribution in [-0.4, -0.2) is 65.5 Å². The molecule has 0 saturated carbocycles. The molecule has 0 atom stereocenters. The van der Waals surface area contributed by atoms with Crippen LogP contribution in [0.4, 0.5) is 4.39 Å². The number of halogens is 1. The number of para-hydroxylation sites is 1. The summed E-state index contributed by atoms with van der Waals surface area (Å²) in [6, 6.07) is 12.1. The molecular formula is C26H29FN4O3. The van der Waals surface area contributed by atoms with Crippen molar-refractivity contribution in [2.75, 3.05) is 40.6 Å². The zero-order valence-electron chi connectivity index (χ0n) is 19.8. The van der Waals surface area contributed by atoms with Gasteiger partial charge in [0.25, 0.3) is 5.91 Å². The van der Waals surface area contributed by atoms with Gasteiger partial charge in [-0.25, -0.2) is 4.98 Å². The third-order valence-corrected chi connectivity index (χ3v) is 6.69. The van der Waals surface area contributed by atoms with Crippen molar-refractivity contribution in [1.82, 2.24) is 19.0 Å². The van der Waals surface area contributed by atoms with E-state index in [0.29, 0.717) is 38.2 Å². The van der Waals surface area contributed by atoms with E-state index < -0.39 is 6.67 Å². The number of aromatic nitrogens is 3. The molecular weight excluding hydrogens is 435 g/mol. The van der Waals surface area contributed by atoms with Gasteiger partial charge in [-0.05, 0) is 42.7 Å². The average Bonchev–Trinajstić information content (AvgIpc) is 3.38. The van der Waals surface area contributed by atoms with Gasteiger partial charge in [-0.2, -0.15) is 0 Å². The second kappa shape index (κ2) is 9.10. The predicted molar refractivity (Wildman–Crippen MR) is 130 cm³/mol. The van der Waals surface area contributed by atoms with Crippen molar-refractivity contribution in [2.24, 2.45) is 7.05 Å². The van der Waals surface area contributed by atoms with Crippen LogP contribution in [0.2, 0.25) is 0 Å². The molecule has 0 fully saturated rings. The van der Waals surface area contributed by atoms with Gasteiger partial charge in [-0.1, -0.05) is 12.1 Å². The van der Waals surface area contributed by atoms with Crippen LogP contribution in [0.15, 0.2) is 36.4 Å². The Morgan fingerprint density at radius 2 is 2.00 bits per heavy atom. The van der Waals surface area contributed by atoms with Crippen LogP contribution in [0, 0.1) is 0 Å². The Bertz CT molecular complexity index is 1370. The lowest BCUT2D eigenvalue weighted by Gasteiger charge is -2.28. The summed E-state index contributed by atoms with van der Waals surface area (Å²) < 4.78 is 28.0. The summed E-state index contributed by atoms with van der Waals surface area (Å²) in [6.45, 7) is 1.85. The molecule has 7 nitrogen and oxygen atoms in total. The molecule has 0 bridgehead atoms. The number of imidazole rings is 1. The number of methoxy groups -OCH3 is 2. The molecule has 0 saturated heterocycles. The van der Waals surface area contributed by atoms with Gasteiger partial charge >= 0.3 is 0 Å². The molecule has 1 amide bonds. The van der Waals surface area contributed by atoms with E-state index in [2.05, 4.69) is 27.3 Å². The van der Waals surface area contributed by atoms with E-state index in [1.165, 1.54) is 0 Å². The Morgan fingerprint density at radius 3 is 2.76 bits per heavy atom. The SMILES string of the molecule is COCCn1c(-c2nc3cc4c(cc3n2C)CCN(CCCF)C4=O)cc2cccc(OC)c21. The third-order valence-electron chi connectivity index (χ3n) is 6.69. The molecule has 0 spiro atoms. The van der Waals surface area contributed by atoms with Crippen molar-refractivity contribution < 1.29 is 18.7 Å². The molecule has 2 aromatic carbocycles. The number of fused-ring (bicyclic) bond motifs is 3. The highest BCUT2D eigenvalue weighted by molar-refractivity contribution is 6.00. The van der Waals surface area contributed by atoms with E-state index in [1.807, 2.05) is 25.2 Å². The highest BCUT2D eigenvalue weighted by Crippen LogP contribution is 2.35. The number of benzene rings is 2. The number of hydrogen-bond donors (Lipinski definition) is 0. The Hall–Kier alpha value is -3.39. The van der Waals surface area contributed by atoms with Crippen LogP contribution in [0.25, 0.3) is 33.5 Å². The first-order valence-electron chi connectivity index (χ1n) is 11.6. The number of aryl methyl sites for hydroxylation is 1. The van der Waals surface area contributed by atoms with E-state index in [9.17, 15) is 9.18 Å². The lowest BCUT2D eigenvalue weighted by atomic mass is 9.98. The van der Waals surface area contributed by atoms with Gasteiger partial charge in [-0.3, -0.25) is 9.18 Å². The molecule has 178 valence electrons. The van der Waals surface area contributed by atoms with Crippen LogP contribution < -0.4 is 4.74 Å². The van der Waals surface area contributed by atoms with Gasteiger partial charge < -0.3 is 23.5 Å². The van der Waals surface area contributed by atoms with Crippen molar-refractivity contribution >= 4 is 27.8 Å². The predicted octanol–water partition coefficient (Wildman–Crippen LogP) is 4.21. The smallest absolute Gasteiger partial charge is 0.254 e. The molecule has 0 unspecified atom stereocenters. The highest BCUT2D eigenvalue weighted by atomic mass is 19.1. The monoisotopic (exact) mass is 464 g/mol. The van der Waals surface area contributed by atoms with Gasteiger partial charge in [-0.15, -0.1) is 0 Å². The first kappa shape index (κ1) is 22.4. The minimum Gasteiger partial charge on any atom is -0.495 e. The van der Waals surface area contributed by atoms with Crippen LogP contribution in [-0.2, 0) is 24.8 Å². The normalized spacial score (nSPS) is 13.8. The van der Waals surface area contributed by atoms with Crippen LogP contribution >= 0.6 is 0 Å². The first-order chi connectivity index (χ1) is 16.6. The molecule has 34 heavy (non-hydrogen) atoms.